The number of carbonyl (C=O) groups is 2. The second-order valence-corrected chi connectivity index (χ2v) is 5.46. The highest BCUT2D eigenvalue weighted by Crippen LogP contribution is 2.29. The molecule has 1 aliphatic rings. The Morgan fingerprint density at radius 2 is 1.89 bits per heavy atom. The van der Waals surface area contributed by atoms with Gasteiger partial charge in [0.15, 0.2) is 0 Å². The number of nitrogens with zero attached hydrogens (tertiary/aromatic N) is 1. The number of hydrogen-bond donors (Lipinski definition) is 1. The van der Waals surface area contributed by atoms with Crippen LogP contribution in [0.15, 0.2) is 41.8 Å². The molecule has 0 saturated carbocycles. The summed E-state index contributed by atoms with van der Waals surface area (Å²) in [5.74, 6) is -0.269. The number of nitrogens with one attached hydrogen (secondary N) is 1. The van der Waals surface area contributed by atoms with E-state index < -0.39 is 12.1 Å². The molecule has 1 aliphatic heterocycles. The van der Waals surface area contributed by atoms with Gasteiger partial charge < -0.3 is 5.32 Å². The van der Waals surface area contributed by atoms with Crippen molar-refractivity contribution in [3.63, 3.8) is 0 Å². The van der Waals surface area contributed by atoms with Crippen molar-refractivity contribution in [2.45, 2.75) is 6.04 Å². The number of amides is 3. The second-order valence-electron chi connectivity index (χ2n) is 4.05. The molecule has 1 aromatic heterocycles. The van der Waals surface area contributed by atoms with E-state index in [9.17, 15) is 9.59 Å². The number of imide groups is 1. The third-order valence-corrected chi connectivity index (χ3v) is 4.04. The van der Waals surface area contributed by atoms with Crippen molar-refractivity contribution < 1.29 is 9.59 Å². The van der Waals surface area contributed by atoms with Gasteiger partial charge in [0.1, 0.15) is 6.04 Å². The molecule has 1 atom stereocenters. The van der Waals surface area contributed by atoms with Gasteiger partial charge in [0, 0.05) is 9.90 Å². The Morgan fingerprint density at radius 3 is 2.53 bits per heavy atom. The minimum absolute atomic E-state index is 0.269. The van der Waals surface area contributed by atoms with Gasteiger partial charge in [-0.25, -0.2) is 9.69 Å². The lowest BCUT2D eigenvalue weighted by Gasteiger charge is -2.12. The van der Waals surface area contributed by atoms with Crippen LogP contribution in [0.4, 0.5) is 10.5 Å². The number of halogens is 1. The van der Waals surface area contributed by atoms with Crippen LogP contribution in [0.5, 0.6) is 0 Å². The van der Waals surface area contributed by atoms with Crippen LogP contribution in [0.2, 0.25) is 5.02 Å². The van der Waals surface area contributed by atoms with Gasteiger partial charge in [-0.15, -0.1) is 11.3 Å². The number of carbonyl (C=O) groups excluding carboxylic acids is 2. The largest absolute Gasteiger partial charge is 0.329 e. The molecular weight excluding hydrogens is 284 g/mol. The lowest BCUT2D eigenvalue weighted by Crippen LogP contribution is -2.30. The molecule has 1 fully saturated rings. The van der Waals surface area contributed by atoms with Gasteiger partial charge in [0.25, 0.3) is 5.91 Å². The molecule has 0 radical (unpaired) electrons. The molecule has 0 spiro atoms. The first-order valence-corrected chi connectivity index (χ1v) is 6.86. The molecule has 4 nitrogen and oxygen atoms in total. The maximum Gasteiger partial charge on any atom is 0.329 e. The molecule has 1 N–H and O–H groups in total. The van der Waals surface area contributed by atoms with Gasteiger partial charge in [-0.1, -0.05) is 17.7 Å². The summed E-state index contributed by atoms with van der Waals surface area (Å²) in [6.07, 6.45) is 0. The fraction of sp³-hybridized carbons (Fsp3) is 0.0769. The monoisotopic (exact) mass is 292 g/mol. The lowest BCUT2D eigenvalue weighted by molar-refractivity contribution is -0.118. The minimum atomic E-state index is -0.594. The normalized spacial score (nSPS) is 18.8. The predicted octanol–water partition coefficient (Wildman–Crippen LogP) is 3.20. The minimum Gasteiger partial charge on any atom is -0.321 e. The first-order valence-electron chi connectivity index (χ1n) is 5.60. The Hall–Kier alpha value is -1.85. The molecular formula is C13H9ClN2O2S. The molecule has 0 aliphatic carbocycles. The smallest absolute Gasteiger partial charge is 0.321 e. The SMILES string of the molecule is O=C1NC(c2cccs2)C(=O)N1c1ccc(Cl)cc1. The molecule has 3 rings (SSSR count). The zero-order chi connectivity index (χ0) is 13.4. The topological polar surface area (TPSA) is 49.4 Å². The van der Waals surface area contributed by atoms with E-state index in [1.54, 1.807) is 24.3 Å². The van der Waals surface area contributed by atoms with Crippen LogP contribution in [0, 0.1) is 0 Å². The number of urea groups is 1. The zero-order valence-corrected chi connectivity index (χ0v) is 11.2. The molecule has 1 aromatic carbocycles. The molecule has 0 bridgehead atoms. The lowest BCUT2D eigenvalue weighted by atomic mass is 10.2. The first-order chi connectivity index (χ1) is 9.16. The fourth-order valence-electron chi connectivity index (χ4n) is 1.96. The van der Waals surface area contributed by atoms with Crippen molar-refractivity contribution in [1.82, 2.24) is 5.32 Å². The predicted molar refractivity (Wildman–Crippen MR) is 74.5 cm³/mol. The molecule has 96 valence electrons. The van der Waals surface area contributed by atoms with Gasteiger partial charge in [0.2, 0.25) is 0 Å². The van der Waals surface area contributed by atoms with Crippen LogP contribution in [0.3, 0.4) is 0 Å². The number of hydrogen-bond acceptors (Lipinski definition) is 3. The summed E-state index contributed by atoms with van der Waals surface area (Å²) in [7, 11) is 0. The summed E-state index contributed by atoms with van der Waals surface area (Å²) in [5, 5.41) is 5.12. The van der Waals surface area contributed by atoms with E-state index in [0.717, 1.165) is 9.78 Å². The Bertz CT molecular complexity index is 625. The van der Waals surface area contributed by atoms with E-state index >= 15 is 0 Å². The highest BCUT2D eigenvalue weighted by molar-refractivity contribution is 7.10. The Labute approximate surface area is 118 Å². The van der Waals surface area contributed by atoms with Crippen LogP contribution in [-0.2, 0) is 4.79 Å². The van der Waals surface area contributed by atoms with E-state index in [4.69, 9.17) is 11.6 Å². The molecule has 2 heterocycles. The third kappa shape index (κ3) is 2.11. The first kappa shape index (κ1) is 12.2. The van der Waals surface area contributed by atoms with Crippen LogP contribution in [-0.4, -0.2) is 11.9 Å². The van der Waals surface area contributed by atoms with Gasteiger partial charge in [-0.05, 0) is 35.7 Å². The maximum atomic E-state index is 12.3. The highest BCUT2D eigenvalue weighted by Gasteiger charge is 2.40. The van der Waals surface area contributed by atoms with Gasteiger partial charge in [-0.3, -0.25) is 4.79 Å². The molecule has 3 amide bonds. The average molecular weight is 293 g/mol. The van der Waals surface area contributed by atoms with Gasteiger partial charge in [-0.2, -0.15) is 0 Å². The molecule has 19 heavy (non-hydrogen) atoms. The van der Waals surface area contributed by atoms with Crippen molar-refractivity contribution in [3.05, 3.63) is 51.7 Å². The Balaban J connectivity index is 1.93. The second kappa shape index (κ2) is 4.68. The maximum absolute atomic E-state index is 12.3. The average Bonchev–Trinajstić information content (AvgIpc) is 3.00. The number of rotatable bonds is 2. The van der Waals surface area contributed by atoms with Crippen LogP contribution in [0.1, 0.15) is 10.9 Å². The fourth-order valence-corrected chi connectivity index (χ4v) is 2.86. The third-order valence-electron chi connectivity index (χ3n) is 2.85. The van der Waals surface area contributed by atoms with Gasteiger partial charge in [0.05, 0.1) is 5.69 Å². The number of anilines is 1. The van der Waals surface area contributed by atoms with E-state index in [2.05, 4.69) is 5.32 Å². The summed E-state index contributed by atoms with van der Waals surface area (Å²) >= 11 is 7.24. The summed E-state index contributed by atoms with van der Waals surface area (Å²) in [4.78, 5) is 26.2. The van der Waals surface area contributed by atoms with Crippen molar-refractivity contribution in [1.29, 1.82) is 0 Å². The molecule has 6 heteroatoms. The summed E-state index contributed by atoms with van der Waals surface area (Å²) in [6.45, 7) is 0. The van der Waals surface area contributed by atoms with Crippen molar-refractivity contribution in [2.24, 2.45) is 0 Å². The Kier molecular flexibility index (Phi) is 3.00. The summed E-state index contributed by atoms with van der Waals surface area (Å²) in [5.41, 5.74) is 0.519. The quantitative estimate of drug-likeness (QED) is 0.864. The number of benzene rings is 1. The zero-order valence-electron chi connectivity index (χ0n) is 9.67. The van der Waals surface area contributed by atoms with Gasteiger partial charge >= 0.3 is 6.03 Å². The Morgan fingerprint density at radius 1 is 1.16 bits per heavy atom. The van der Waals surface area contributed by atoms with Crippen molar-refractivity contribution in [2.75, 3.05) is 4.90 Å². The van der Waals surface area contributed by atoms with E-state index in [0.29, 0.717) is 10.7 Å². The van der Waals surface area contributed by atoms with E-state index in [1.807, 2.05) is 17.5 Å². The summed E-state index contributed by atoms with van der Waals surface area (Å²) in [6, 6.07) is 9.27. The van der Waals surface area contributed by atoms with Crippen LogP contribution < -0.4 is 10.2 Å². The standard InChI is InChI=1S/C13H9ClN2O2S/c14-8-3-5-9(6-4-8)16-12(17)11(15-13(16)18)10-2-1-7-19-10/h1-7,11H,(H,15,18). The highest BCUT2D eigenvalue weighted by atomic mass is 35.5. The van der Waals surface area contributed by atoms with Crippen molar-refractivity contribution >= 4 is 40.6 Å². The molecule has 2 aromatic rings. The van der Waals surface area contributed by atoms with E-state index in [1.165, 1.54) is 11.3 Å². The molecule has 1 saturated heterocycles. The number of thiophene rings is 1. The van der Waals surface area contributed by atoms with Crippen LogP contribution >= 0.6 is 22.9 Å². The summed E-state index contributed by atoms with van der Waals surface area (Å²) < 4.78 is 0. The van der Waals surface area contributed by atoms with Crippen molar-refractivity contribution in [3.8, 4) is 0 Å². The van der Waals surface area contributed by atoms with Crippen LogP contribution in [0.25, 0.3) is 0 Å². The van der Waals surface area contributed by atoms with E-state index in [-0.39, 0.29) is 5.91 Å². The molecule has 1 unspecified atom stereocenters.